The number of nitrogens with one attached hydrogen (secondary N) is 1. The lowest BCUT2D eigenvalue weighted by Gasteiger charge is -2.08. The molecule has 2 rings (SSSR count). The van der Waals surface area contributed by atoms with E-state index in [9.17, 15) is 22.9 Å². The number of aromatic nitrogens is 1. The minimum atomic E-state index is -4.15. The minimum absolute atomic E-state index is 0.0332. The number of nitro groups is 1. The Morgan fingerprint density at radius 1 is 1.33 bits per heavy atom. The smallest absolute Gasteiger partial charge is 0.306 e. The van der Waals surface area contributed by atoms with Crippen molar-refractivity contribution in [3.05, 3.63) is 45.5 Å². The van der Waals surface area contributed by atoms with Gasteiger partial charge in [-0.25, -0.2) is 8.42 Å². The minimum Gasteiger partial charge on any atom is -0.360 e. The van der Waals surface area contributed by atoms with Crippen molar-refractivity contribution < 1.29 is 22.3 Å². The Bertz CT molecular complexity index is 815. The third-order valence-electron chi connectivity index (χ3n) is 2.60. The zero-order valence-corrected chi connectivity index (χ0v) is 11.8. The van der Waals surface area contributed by atoms with Gasteiger partial charge in [-0.2, -0.15) is 4.39 Å². The van der Waals surface area contributed by atoms with E-state index in [1.165, 1.54) is 13.0 Å². The van der Waals surface area contributed by atoms with Gasteiger partial charge >= 0.3 is 5.69 Å². The highest BCUT2D eigenvalue weighted by atomic mass is 32.2. The molecule has 0 unspecified atom stereocenters. The number of anilines is 1. The first kappa shape index (κ1) is 14.9. The van der Waals surface area contributed by atoms with Gasteiger partial charge in [-0.15, -0.1) is 0 Å². The molecule has 0 spiro atoms. The molecule has 2 aromatic rings. The van der Waals surface area contributed by atoms with Crippen LogP contribution in [0.4, 0.5) is 15.9 Å². The maximum absolute atomic E-state index is 13.4. The highest BCUT2D eigenvalue weighted by Gasteiger charge is 2.25. The predicted octanol–water partition coefficient (Wildman–Crippen LogP) is 2.14. The van der Waals surface area contributed by atoms with Crippen LogP contribution in [0.2, 0.25) is 0 Å². The van der Waals surface area contributed by atoms with Crippen molar-refractivity contribution in [3.63, 3.8) is 0 Å². The molecular formula is C11H10FN3O5S. The van der Waals surface area contributed by atoms with E-state index >= 15 is 0 Å². The standard InChI is InChI=1S/C11H10FN3O5S/c1-6-3-8(12)9(15(16)17)5-10(6)21(18,19)14-11-4-7(2)20-13-11/h3-5H,1-2H3,(H,13,14). The summed E-state index contributed by atoms with van der Waals surface area (Å²) in [7, 11) is -4.15. The summed E-state index contributed by atoms with van der Waals surface area (Å²) in [5, 5.41) is 14.2. The molecule has 0 radical (unpaired) electrons. The molecule has 0 saturated carbocycles. The van der Waals surface area contributed by atoms with E-state index in [2.05, 4.69) is 9.88 Å². The van der Waals surface area contributed by atoms with Crippen LogP contribution in [-0.2, 0) is 10.0 Å². The van der Waals surface area contributed by atoms with E-state index in [4.69, 9.17) is 4.52 Å². The Kier molecular flexibility index (Phi) is 3.64. The lowest BCUT2D eigenvalue weighted by molar-refractivity contribution is -0.387. The van der Waals surface area contributed by atoms with Crippen LogP contribution in [-0.4, -0.2) is 18.5 Å². The van der Waals surface area contributed by atoms with Gasteiger partial charge in [-0.3, -0.25) is 14.8 Å². The van der Waals surface area contributed by atoms with Crippen LogP contribution >= 0.6 is 0 Å². The molecule has 1 N–H and O–H groups in total. The molecule has 1 aromatic carbocycles. The van der Waals surface area contributed by atoms with Gasteiger partial charge in [-0.05, 0) is 25.5 Å². The number of hydrogen-bond acceptors (Lipinski definition) is 6. The Morgan fingerprint density at radius 2 is 2.00 bits per heavy atom. The highest BCUT2D eigenvalue weighted by Crippen LogP contribution is 2.26. The van der Waals surface area contributed by atoms with Crippen molar-refractivity contribution in [3.8, 4) is 0 Å². The van der Waals surface area contributed by atoms with E-state index < -0.39 is 31.3 Å². The lowest BCUT2D eigenvalue weighted by atomic mass is 10.2. The first-order valence-corrected chi connectivity index (χ1v) is 7.09. The van der Waals surface area contributed by atoms with Gasteiger partial charge in [-0.1, -0.05) is 5.16 Å². The maximum Gasteiger partial charge on any atom is 0.306 e. The molecule has 112 valence electrons. The van der Waals surface area contributed by atoms with Crippen LogP contribution < -0.4 is 4.72 Å². The van der Waals surface area contributed by atoms with Gasteiger partial charge in [0.1, 0.15) is 5.76 Å². The fourth-order valence-electron chi connectivity index (χ4n) is 1.68. The summed E-state index contributed by atoms with van der Waals surface area (Å²) in [6.45, 7) is 2.90. The van der Waals surface area contributed by atoms with E-state index in [-0.39, 0.29) is 11.4 Å². The van der Waals surface area contributed by atoms with Gasteiger partial charge in [0.15, 0.2) is 5.82 Å². The number of halogens is 1. The largest absolute Gasteiger partial charge is 0.360 e. The van der Waals surface area contributed by atoms with Crippen LogP contribution in [0.15, 0.2) is 27.6 Å². The fraction of sp³-hybridized carbons (Fsp3) is 0.182. The van der Waals surface area contributed by atoms with Crippen molar-refractivity contribution in [2.24, 2.45) is 0 Å². The van der Waals surface area contributed by atoms with Gasteiger partial charge in [0.25, 0.3) is 10.0 Å². The SMILES string of the molecule is Cc1cc(NS(=O)(=O)c2cc([N+](=O)[O-])c(F)cc2C)no1. The first-order valence-electron chi connectivity index (χ1n) is 5.61. The number of nitro benzene ring substituents is 1. The second kappa shape index (κ2) is 5.13. The molecule has 0 aliphatic rings. The summed E-state index contributed by atoms with van der Waals surface area (Å²) < 4.78 is 44.6. The zero-order chi connectivity index (χ0) is 15.8. The number of benzene rings is 1. The molecule has 1 heterocycles. The fourth-order valence-corrected chi connectivity index (χ4v) is 2.91. The number of hydrogen-bond donors (Lipinski definition) is 1. The molecule has 21 heavy (non-hydrogen) atoms. The van der Waals surface area contributed by atoms with Crippen molar-refractivity contribution in [2.45, 2.75) is 18.7 Å². The molecule has 0 saturated heterocycles. The average Bonchev–Trinajstić information content (AvgIpc) is 2.72. The summed E-state index contributed by atoms with van der Waals surface area (Å²) in [6.07, 6.45) is 0. The quantitative estimate of drug-likeness (QED) is 0.682. The normalized spacial score (nSPS) is 11.4. The van der Waals surface area contributed by atoms with Gasteiger partial charge in [0.2, 0.25) is 5.82 Å². The molecule has 8 nitrogen and oxygen atoms in total. The molecule has 0 amide bonds. The predicted molar refractivity (Wildman–Crippen MR) is 69.8 cm³/mol. The summed E-state index contributed by atoms with van der Waals surface area (Å²) in [5.74, 6) is -0.790. The maximum atomic E-state index is 13.4. The van der Waals surface area contributed by atoms with Crippen LogP contribution in [0.25, 0.3) is 0 Å². The van der Waals surface area contributed by atoms with Crippen molar-refractivity contribution in [1.29, 1.82) is 0 Å². The number of aryl methyl sites for hydroxylation is 2. The zero-order valence-electron chi connectivity index (χ0n) is 11.0. The number of rotatable bonds is 4. The van der Waals surface area contributed by atoms with Crippen molar-refractivity contribution in [1.82, 2.24) is 5.16 Å². The third kappa shape index (κ3) is 2.99. The van der Waals surface area contributed by atoms with Crippen LogP contribution in [0.1, 0.15) is 11.3 Å². The Morgan fingerprint density at radius 3 is 2.52 bits per heavy atom. The third-order valence-corrected chi connectivity index (χ3v) is 4.09. The van der Waals surface area contributed by atoms with Gasteiger partial charge < -0.3 is 4.52 Å². The Hall–Kier alpha value is -2.49. The number of sulfonamides is 1. The molecular weight excluding hydrogens is 305 g/mol. The summed E-state index contributed by atoms with van der Waals surface area (Å²) >= 11 is 0. The van der Waals surface area contributed by atoms with Gasteiger partial charge in [0.05, 0.1) is 9.82 Å². The van der Waals surface area contributed by atoms with Crippen molar-refractivity contribution >= 4 is 21.5 Å². The lowest BCUT2D eigenvalue weighted by Crippen LogP contribution is -2.15. The highest BCUT2D eigenvalue weighted by molar-refractivity contribution is 7.92. The Labute approximate surface area is 118 Å². The molecule has 0 fully saturated rings. The van der Waals surface area contributed by atoms with E-state index in [0.717, 1.165) is 6.07 Å². The van der Waals surface area contributed by atoms with E-state index in [0.29, 0.717) is 11.8 Å². The molecule has 0 aliphatic heterocycles. The Balaban J connectivity index is 2.49. The van der Waals surface area contributed by atoms with Crippen molar-refractivity contribution in [2.75, 3.05) is 4.72 Å². The second-order valence-electron chi connectivity index (χ2n) is 4.25. The van der Waals surface area contributed by atoms with E-state index in [1.54, 1.807) is 6.92 Å². The average molecular weight is 315 g/mol. The van der Waals surface area contributed by atoms with Crippen LogP contribution in [0, 0.1) is 29.8 Å². The summed E-state index contributed by atoms with van der Waals surface area (Å²) in [5.41, 5.74) is -0.886. The molecule has 10 heteroatoms. The number of nitrogens with zero attached hydrogens (tertiary/aromatic N) is 2. The summed E-state index contributed by atoms with van der Waals surface area (Å²) in [6, 6.07) is 2.80. The molecule has 1 aromatic heterocycles. The van der Waals surface area contributed by atoms with Crippen LogP contribution in [0.3, 0.4) is 0 Å². The van der Waals surface area contributed by atoms with Gasteiger partial charge in [0, 0.05) is 12.1 Å². The monoisotopic (exact) mass is 315 g/mol. The second-order valence-corrected chi connectivity index (χ2v) is 5.91. The van der Waals surface area contributed by atoms with Crippen LogP contribution in [0.5, 0.6) is 0 Å². The van der Waals surface area contributed by atoms with E-state index in [1.807, 2.05) is 0 Å². The molecule has 0 aliphatic carbocycles. The topological polar surface area (TPSA) is 115 Å². The molecule has 0 atom stereocenters. The molecule has 0 bridgehead atoms. The summed E-state index contributed by atoms with van der Waals surface area (Å²) in [4.78, 5) is 9.30. The first-order chi connectivity index (χ1) is 9.70.